The molecule has 0 fully saturated rings. The van der Waals surface area contributed by atoms with Crippen LogP contribution in [-0.2, 0) is 6.54 Å². The van der Waals surface area contributed by atoms with Crippen LogP contribution in [0.25, 0.3) is 11.0 Å². The van der Waals surface area contributed by atoms with Crippen LogP contribution in [0.5, 0.6) is 0 Å². The summed E-state index contributed by atoms with van der Waals surface area (Å²) in [5.74, 6) is 0.823. The minimum absolute atomic E-state index is 0.147. The molecule has 0 saturated heterocycles. The van der Waals surface area contributed by atoms with E-state index < -0.39 is 0 Å². The number of furan rings is 1. The number of hydrogen-bond acceptors (Lipinski definition) is 4. The van der Waals surface area contributed by atoms with Gasteiger partial charge >= 0.3 is 0 Å². The second-order valence-electron chi connectivity index (χ2n) is 5.31. The van der Waals surface area contributed by atoms with E-state index in [-0.39, 0.29) is 6.04 Å². The number of aromatic nitrogens is 1. The Kier molecular flexibility index (Phi) is 3.99. The molecule has 0 radical (unpaired) electrons. The standard InChI is InChI=1S/C17H19N3O/c1-20(11-14-7-4-5-9-19-14)12-15(18)17-10-13-6-2-3-8-16(13)21-17/h2-10,15H,11-12,18H2,1H3. The molecule has 0 saturated carbocycles. The van der Waals surface area contributed by atoms with Crippen LogP contribution in [0.2, 0.25) is 0 Å². The van der Waals surface area contributed by atoms with Crippen LogP contribution in [0, 0.1) is 0 Å². The van der Waals surface area contributed by atoms with E-state index in [9.17, 15) is 0 Å². The van der Waals surface area contributed by atoms with Crippen molar-refractivity contribution in [2.45, 2.75) is 12.6 Å². The first-order valence-corrected chi connectivity index (χ1v) is 7.05. The van der Waals surface area contributed by atoms with Crippen LogP contribution in [0.1, 0.15) is 17.5 Å². The van der Waals surface area contributed by atoms with Crippen LogP contribution in [0.3, 0.4) is 0 Å². The molecule has 108 valence electrons. The maximum atomic E-state index is 6.26. The Balaban J connectivity index is 1.66. The maximum absolute atomic E-state index is 6.26. The monoisotopic (exact) mass is 281 g/mol. The summed E-state index contributed by atoms with van der Waals surface area (Å²) < 4.78 is 5.81. The highest BCUT2D eigenvalue weighted by atomic mass is 16.3. The molecule has 3 aromatic rings. The van der Waals surface area contributed by atoms with Crippen molar-refractivity contribution in [1.82, 2.24) is 9.88 Å². The Hall–Kier alpha value is -2.17. The lowest BCUT2D eigenvalue weighted by Gasteiger charge is -2.19. The van der Waals surface area contributed by atoms with E-state index in [0.717, 1.165) is 35.5 Å². The predicted octanol–water partition coefficient (Wildman–Crippen LogP) is 2.96. The molecule has 2 aromatic heterocycles. The summed E-state index contributed by atoms with van der Waals surface area (Å²) >= 11 is 0. The van der Waals surface area contributed by atoms with E-state index in [4.69, 9.17) is 10.2 Å². The lowest BCUT2D eigenvalue weighted by atomic mass is 10.2. The third-order valence-corrected chi connectivity index (χ3v) is 3.48. The van der Waals surface area contributed by atoms with E-state index >= 15 is 0 Å². The average molecular weight is 281 g/mol. The molecule has 2 N–H and O–H groups in total. The third-order valence-electron chi connectivity index (χ3n) is 3.48. The molecule has 0 amide bonds. The van der Waals surface area contributed by atoms with E-state index in [1.165, 1.54) is 0 Å². The van der Waals surface area contributed by atoms with Crippen molar-refractivity contribution in [3.05, 3.63) is 66.2 Å². The zero-order chi connectivity index (χ0) is 14.7. The van der Waals surface area contributed by atoms with Gasteiger partial charge in [-0.05, 0) is 31.3 Å². The van der Waals surface area contributed by atoms with Gasteiger partial charge in [0.1, 0.15) is 11.3 Å². The molecule has 4 nitrogen and oxygen atoms in total. The smallest absolute Gasteiger partial charge is 0.134 e. The van der Waals surface area contributed by atoms with Gasteiger partial charge in [0.05, 0.1) is 11.7 Å². The van der Waals surface area contributed by atoms with Crippen LogP contribution in [-0.4, -0.2) is 23.5 Å². The van der Waals surface area contributed by atoms with Crippen molar-refractivity contribution in [2.24, 2.45) is 5.73 Å². The fraction of sp³-hybridized carbons (Fsp3) is 0.235. The topological polar surface area (TPSA) is 55.3 Å². The summed E-state index contributed by atoms with van der Waals surface area (Å²) in [4.78, 5) is 6.48. The third kappa shape index (κ3) is 3.29. The number of hydrogen-bond donors (Lipinski definition) is 1. The molecular formula is C17H19N3O. The number of likely N-dealkylation sites (N-methyl/N-ethyl adjacent to an activating group) is 1. The Morgan fingerprint density at radius 1 is 1.19 bits per heavy atom. The predicted molar refractivity (Wildman–Crippen MR) is 83.7 cm³/mol. The summed E-state index contributed by atoms with van der Waals surface area (Å²) in [5, 5.41) is 1.09. The van der Waals surface area contributed by atoms with Crippen molar-refractivity contribution < 1.29 is 4.42 Å². The highest BCUT2D eigenvalue weighted by Crippen LogP contribution is 2.23. The Labute approximate surface area is 124 Å². The van der Waals surface area contributed by atoms with Gasteiger partial charge in [-0.1, -0.05) is 24.3 Å². The SMILES string of the molecule is CN(Cc1ccccn1)CC(N)c1cc2ccccc2o1. The molecule has 4 heteroatoms. The molecule has 0 aliphatic carbocycles. The number of nitrogens with zero attached hydrogens (tertiary/aromatic N) is 2. The first-order valence-electron chi connectivity index (χ1n) is 7.05. The van der Waals surface area contributed by atoms with Crippen LogP contribution in [0.15, 0.2) is 59.1 Å². The Morgan fingerprint density at radius 3 is 2.76 bits per heavy atom. The molecule has 1 aromatic carbocycles. The van der Waals surface area contributed by atoms with Gasteiger partial charge in [-0.2, -0.15) is 0 Å². The van der Waals surface area contributed by atoms with Crippen molar-refractivity contribution >= 4 is 11.0 Å². The molecule has 3 rings (SSSR count). The molecule has 2 heterocycles. The van der Waals surface area contributed by atoms with Gasteiger partial charge in [0, 0.05) is 24.7 Å². The van der Waals surface area contributed by atoms with Gasteiger partial charge in [-0.3, -0.25) is 9.88 Å². The number of rotatable bonds is 5. The van der Waals surface area contributed by atoms with Crippen molar-refractivity contribution in [3.8, 4) is 0 Å². The van der Waals surface area contributed by atoms with Gasteiger partial charge in [0.25, 0.3) is 0 Å². The number of benzene rings is 1. The van der Waals surface area contributed by atoms with Gasteiger partial charge in [-0.15, -0.1) is 0 Å². The van der Waals surface area contributed by atoms with Crippen molar-refractivity contribution in [1.29, 1.82) is 0 Å². The van der Waals surface area contributed by atoms with E-state index in [1.54, 1.807) is 0 Å². The number of nitrogens with two attached hydrogens (primary N) is 1. The van der Waals surface area contributed by atoms with E-state index in [0.29, 0.717) is 0 Å². The zero-order valence-electron chi connectivity index (χ0n) is 12.1. The fourth-order valence-corrected chi connectivity index (χ4v) is 2.44. The maximum Gasteiger partial charge on any atom is 0.134 e. The highest BCUT2D eigenvalue weighted by Gasteiger charge is 2.14. The number of pyridine rings is 1. The molecule has 21 heavy (non-hydrogen) atoms. The van der Waals surface area contributed by atoms with Gasteiger partial charge in [0.2, 0.25) is 0 Å². The molecule has 0 aliphatic rings. The Bertz CT molecular complexity index is 675. The molecule has 1 atom stereocenters. The van der Waals surface area contributed by atoms with Crippen LogP contribution in [0.4, 0.5) is 0 Å². The normalized spacial score (nSPS) is 12.9. The van der Waals surface area contributed by atoms with E-state index in [2.05, 4.69) is 9.88 Å². The van der Waals surface area contributed by atoms with Gasteiger partial charge in [0.15, 0.2) is 0 Å². The van der Waals surface area contributed by atoms with Crippen LogP contribution >= 0.6 is 0 Å². The average Bonchev–Trinajstić information content (AvgIpc) is 2.92. The lowest BCUT2D eigenvalue weighted by molar-refractivity contribution is 0.288. The first kappa shape index (κ1) is 13.8. The molecule has 0 aliphatic heterocycles. The second-order valence-corrected chi connectivity index (χ2v) is 5.31. The van der Waals surface area contributed by atoms with Crippen molar-refractivity contribution in [3.63, 3.8) is 0 Å². The number of fused-ring (bicyclic) bond motifs is 1. The van der Waals surface area contributed by atoms with E-state index in [1.807, 2.05) is 61.8 Å². The highest BCUT2D eigenvalue weighted by molar-refractivity contribution is 5.77. The van der Waals surface area contributed by atoms with Crippen LogP contribution < -0.4 is 5.73 Å². The zero-order valence-corrected chi connectivity index (χ0v) is 12.1. The largest absolute Gasteiger partial charge is 0.459 e. The summed E-state index contributed by atoms with van der Waals surface area (Å²) in [7, 11) is 2.04. The molecule has 0 bridgehead atoms. The summed E-state index contributed by atoms with van der Waals surface area (Å²) in [6, 6.07) is 15.8. The summed E-state index contributed by atoms with van der Waals surface area (Å²) in [5.41, 5.74) is 8.18. The van der Waals surface area contributed by atoms with Crippen molar-refractivity contribution in [2.75, 3.05) is 13.6 Å². The quantitative estimate of drug-likeness (QED) is 0.781. The molecule has 1 unspecified atom stereocenters. The Morgan fingerprint density at radius 2 is 2.00 bits per heavy atom. The number of para-hydroxylation sites is 1. The molecule has 0 spiro atoms. The fourth-order valence-electron chi connectivity index (χ4n) is 2.44. The van der Waals surface area contributed by atoms with Gasteiger partial charge in [-0.25, -0.2) is 0 Å². The minimum atomic E-state index is -0.147. The lowest BCUT2D eigenvalue weighted by Crippen LogP contribution is -2.28. The van der Waals surface area contributed by atoms with Gasteiger partial charge < -0.3 is 10.2 Å². The molecular weight excluding hydrogens is 262 g/mol. The summed E-state index contributed by atoms with van der Waals surface area (Å²) in [6.45, 7) is 1.49. The second kappa shape index (κ2) is 6.08. The minimum Gasteiger partial charge on any atom is -0.459 e. The summed E-state index contributed by atoms with van der Waals surface area (Å²) in [6.07, 6.45) is 1.81. The first-order chi connectivity index (χ1) is 10.2.